The predicted octanol–water partition coefficient (Wildman–Crippen LogP) is 3.08. The van der Waals surface area contributed by atoms with E-state index >= 15 is 0 Å². The SMILES string of the molecule is Cc1ccc(-c2nnn(CC(=O)N3C[C@]4(C)C[C@H]3CC(C)(C)C4)n2)cc1. The molecule has 1 amide bonds. The number of hydrogen-bond donors (Lipinski definition) is 0. The second-order valence-electron chi connectivity index (χ2n) is 9.24. The average molecular weight is 353 g/mol. The highest BCUT2D eigenvalue weighted by Gasteiger charge is 2.50. The van der Waals surface area contributed by atoms with Crippen molar-refractivity contribution in [2.24, 2.45) is 10.8 Å². The minimum atomic E-state index is 0.101. The molecule has 0 spiro atoms. The number of likely N-dealkylation sites (tertiary alicyclic amines) is 1. The molecule has 2 aromatic rings. The van der Waals surface area contributed by atoms with Crippen molar-refractivity contribution in [2.45, 2.75) is 59.5 Å². The van der Waals surface area contributed by atoms with Gasteiger partial charge in [0.15, 0.2) is 0 Å². The van der Waals surface area contributed by atoms with E-state index in [1.165, 1.54) is 16.8 Å². The van der Waals surface area contributed by atoms with Crippen LogP contribution in [0, 0.1) is 17.8 Å². The van der Waals surface area contributed by atoms with Gasteiger partial charge in [-0.25, -0.2) is 0 Å². The fraction of sp³-hybridized carbons (Fsp3) is 0.600. The topological polar surface area (TPSA) is 63.9 Å². The molecule has 0 radical (unpaired) electrons. The Balaban J connectivity index is 1.47. The third kappa shape index (κ3) is 3.24. The minimum absolute atomic E-state index is 0.101. The number of carbonyl (C=O) groups is 1. The van der Waals surface area contributed by atoms with Gasteiger partial charge in [-0.05, 0) is 42.2 Å². The van der Waals surface area contributed by atoms with E-state index in [2.05, 4.69) is 41.1 Å². The number of aromatic nitrogens is 4. The number of rotatable bonds is 3. The van der Waals surface area contributed by atoms with Crippen molar-refractivity contribution in [3.63, 3.8) is 0 Å². The van der Waals surface area contributed by atoms with Crippen LogP contribution in [0.25, 0.3) is 11.4 Å². The Kier molecular flexibility index (Phi) is 3.90. The highest BCUT2D eigenvalue weighted by atomic mass is 16.2. The molecule has 4 rings (SSSR count). The molecule has 1 saturated heterocycles. The number of aryl methyl sites for hydroxylation is 1. The van der Waals surface area contributed by atoms with Gasteiger partial charge in [-0.3, -0.25) is 4.79 Å². The lowest BCUT2D eigenvalue weighted by atomic mass is 9.65. The van der Waals surface area contributed by atoms with Crippen LogP contribution in [0.3, 0.4) is 0 Å². The van der Waals surface area contributed by atoms with Crippen LogP contribution in [0.5, 0.6) is 0 Å². The first-order chi connectivity index (χ1) is 12.2. The Morgan fingerprint density at radius 3 is 2.65 bits per heavy atom. The summed E-state index contributed by atoms with van der Waals surface area (Å²) < 4.78 is 0. The summed E-state index contributed by atoms with van der Waals surface area (Å²) in [4.78, 5) is 16.4. The molecule has 6 heteroatoms. The van der Waals surface area contributed by atoms with Gasteiger partial charge in [0, 0.05) is 18.2 Å². The first-order valence-electron chi connectivity index (χ1n) is 9.37. The van der Waals surface area contributed by atoms with Gasteiger partial charge < -0.3 is 4.90 Å². The van der Waals surface area contributed by atoms with Crippen LogP contribution < -0.4 is 0 Å². The zero-order valence-electron chi connectivity index (χ0n) is 16.1. The summed E-state index contributed by atoms with van der Waals surface area (Å²) in [6, 6.07) is 8.34. The lowest BCUT2D eigenvalue weighted by Gasteiger charge is -2.39. The molecular formula is C20H27N5O. The minimum Gasteiger partial charge on any atom is -0.337 e. The number of tetrazole rings is 1. The maximum absolute atomic E-state index is 12.9. The van der Waals surface area contributed by atoms with Gasteiger partial charge in [0.05, 0.1) is 0 Å². The van der Waals surface area contributed by atoms with Crippen LogP contribution in [-0.4, -0.2) is 43.6 Å². The van der Waals surface area contributed by atoms with Crippen LogP contribution in [0.2, 0.25) is 0 Å². The fourth-order valence-corrected chi connectivity index (χ4v) is 5.09. The molecule has 6 nitrogen and oxygen atoms in total. The van der Waals surface area contributed by atoms with E-state index < -0.39 is 0 Å². The molecule has 2 heterocycles. The lowest BCUT2D eigenvalue weighted by Crippen LogP contribution is -2.39. The molecule has 138 valence electrons. The Labute approximate surface area is 154 Å². The molecule has 1 aromatic carbocycles. The smallest absolute Gasteiger partial charge is 0.246 e. The number of amides is 1. The van der Waals surface area contributed by atoms with E-state index in [-0.39, 0.29) is 17.9 Å². The van der Waals surface area contributed by atoms with Gasteiger partial charge in [-0.15, -0.1) is 10.2 Å². The number of carbonyl (C=O) groups excluding carboxylic acids is 1. The second kappa shape index (κ2) is 5.89. The zero-order valence-corrected chi connectivity index (χ0v) is 16.1. The van der Waals surface area contributed by atoms with Crippen molar-refractivity contribution >= 4 is 5.91 Å². The average Bonchev–Trinajstić information content (AvgIpc) is 3.09. The van der Waals surface area contributed by atoms with E-state index in [4.69, 9.17) is 0 Å². The van der Waals surface area contributed by atoms with Crippen molar-refractivity contribution < 1.29 is 4.79 Å². The molecule has 2 aliphatic rings. The predicted molar refractivity (Wildman–Crippen MR) is 99.2 cm³/mol. The third-order valence-corrected chi connectivity index (χ3v) is 5.77. The fourth-order valence-electron chi connectivity index (χ4n) is 5.09. The monoisotopic (exact) mass is 353 g/mol. The maximum Gasteiger partial charge on any atom is 0.246 e. The van der Waals surface area contributed by atoms with Crippen LogP contribution >= 0.6 is 0 Å². The molecule has 0 unspecified atom stereocenters. The van der Waals surface area contributed by atoms with Crippen LogP contribution in [0.4, 0.5) is 0 Å². The van der Waals surface area contributed by atoms with Crippen LogP contribution in [0.15, 0.2) is 24.3 Å². The standard InChI is InChI=1S/C20H27N5O/c1-14-5-7-15(8-6-14)18-21-23-25(22-18)11-17(26)24-13-20(4)10-16(24)9-19(2,3)12-20/h5-8,16H,9-13H2,1-4H3/t16-,20-/m1/s1. The Morgan fingerprint density at radius 2 is 1.92 bits per heavy atom. The maximum atomic E-state index is 12.9. The lowest BCUT2D eigenvalue weighted by molar-refractivity contribution is -0.133. The molecule has 1 aliphatic carbocycles. The summed E-state index contributed by atoms with van der Waals surface area (Å²) >= 11 is 0. The van der Waals surface area contributed by atoms with Crippen molar-refractivity contribution in [1.82, 2.24) is 25.1 Å². The molecule has 2 bridgehead atoms. The number of fused-ring (bicyclic) bond motifs is 2. The summed E-state index contributed by atoms with van der Waals surface area (Å²) in [5, 5.41) is 12.6. The normalized spacial score (nSPS) is 26.9. The van der Waals surface area contributed by atoms with Crippen molar-refractivity contribution in [2.75, 3.05) is 6.54 Å². The molecule has 1 saturated carbocycles. The Hall–Kier alpha value is -2.24. The molecule has 0 N–H and O–H groups in total. The van der Waals surface area contributed by atoms with Gasteiger partial charge in [-0.1, -0.05) is 50.6 Å². The first-order valence-corrected chi connectivity index (χ1v) is 9.37. The largest absolute Gasteiger partial charge is 0.337 e. The molecular weight excluding hydrogens is 326 g/mol. The molecule has 1 aliphatic heterocycles. The van der Waals surface area contributed by atoms with E-state index in [9.17, 15) is 4.79 Å². The number of nitrogens with zero attached hydrogens (tertiary/aromatic N) is 5. The molecule has 2 fully saturated rings. The quantitative estimate of drug-likeness (QED) is 0.851. The molecule has 26 heavy (non-hydrogen) atoms. The van der Waals surface area contributed by atoms with Crippen molar-refractivity contribution in [1.29, 1.82) is 0 Å². The van der Waals surface area contributed by atoms with Crippen LogP contribution in [0.1, 0.15) is 45.6 Å². The summed E-state index contributed by atoms with van der Waals surface area (Å²) in [6.45, 7) is 10.00. The van der Waals surface area contributed by atoms with E-state index in [0.29, 0.717) is 17.3 Å². The zero-order chi connectivity index (χ0) is 18.5. The summed E-state index contributed by atoms with van der Waals surface area (Å²) in [7, 11) is 0. The van der Waals surface area contributed by atoms with E-state index in [0.717, 1.165) is 24.9 Å². The van der Waals surface area contributed by atoms with Gasteiger partial charge in [-0.2, -0.15) is 4.80 Å². The van der Waals surface area contributed by atoms with Crippen molar-refractivity contribution in [3.05, 3.63) is 29.8 Å². The Morgan fingerprint density at radius 1 is 1.19 bits per heavy atom. The Bertz CT molecular complexity index is 825. The number of benzene rings is 1. The van der Waals surface area contributed by atoms with Gasteiger partial charge in [0.2, 0.25) is 11.7 Å². The summed E-state index contributed by atoms with van der Waals surface area (Å²) in [5.41, 5.74) is 2.65. The highest BCUT2D eigenvalue weighted by molar-refractivity contribution is 5.76. The number of hydrogen-bond acceptors (Lipinski definition) is 4. The van der Waals surface area contributed by atoms with Crippen LogP contribution in [-0.2, 0) is 11.3 Å². The summed E-state index contributed by atoms with van der Waals surface area (Å²) in [5.74, 6) is 0.662. The van der Waals surface area contributed by atoms with Gasteiger partial charge in [0.1, 0.15) is 6.54 Å². The summed E-state index contributed by atoms with van der Waals surface area (Å²) in [6.07, 6.45) is 3.37. The van der Waals surface area contributed by atoms with Crippen molar-refractivity contribution in [3.8, 4) is 11.4 Å². The molecule has 2 atom stereocenters. The van der Waals surface area contributed by atoms with E-state index in [1.807, 2.05) is 31.2 Å². The van der Waals surface area contributed by atoms with Gasteiger partial charge >= 0.3 is 0 Å². The van der Waals surface area contributed by atoms with Gasteiger partial charge in [0.25, 0.3) is 0 Å². The first kappa shape index (κ1) is 17.2. The third-order valence-electron chi connectivity index (χ3n) is 5.77. The van der Waals surface area contributed by atoms with E-state index in [1.54, 1.807) is 0 Å². The second-order valence-corrected chi connectivity index (χ2v) is 9.24. The molecule has 1 aromatic heterocycles. The highest BCUT2D eigenvalue weighted by Crippen LogP contribution is 2.52.